The van der Waals surface area contributed by atoms with Crippen LogP contribution in [0.2, 0.25) is 0 Å². The highest BCUT2D eigenvalue weighted by molar-refractivity contribution is 5.48. The largest absolute Gasteiger partial charge is 0.491 e. The molecule has 0 bridgehead atoms. The number of pyridine rings is 1. The fourth-order valence-corrected chi connectivity index (χ4v) is 2.24. The summed E-state index contributed by atoms with van der Waals surface area (Å²) in [5.41, 5.74) is 0.983. The first kappa shape index (κ1) is 15.0. The van der Waals surface area contributed by atoms with Gasteiger partial charge in [-0.2, -0.15) is 0 Å². The fraction of sp³-hybridized carbons (Fsp3) is 0.125. The molecule has 2 heterocycles. The van der Waals surface area contributed by atoms with E-state index in [0.717, 1.165) is 12.1 Å². The second-order valence-electron chi connectivity index (χ2n) is 4.84. The number of nitrogens with one attached hydrogen (secondary N) is 1. The molecule has 2 aromatic heterocycles. The van der Waals surface area contributed by atoms with Gasteiger partial charge >= 0.3 is 0 Å². The van der Waals surface area contributed by atoms with Crippen LogP contribution in [0.4, 0.5) is 14.5 Å². The van der Waals surface area contributed by atoms with Crippen molar-refractivity contribution in [2.24, 2.45) is 0 Å². The van der Waals surface area contributed by atoms with Crippen LogP contribution in [0.25, 0.3) is 5.65 Å². The Bertz CT molecular complexity index is 902. The molecule has 5 nitrogen and oxygen atoms in total. The van der Waals surface area contributed by atoms with Crippen LogP contribution in [0.3, 0.4) is 0 Å². The van der Waals surface area contributed by atoms with E-state index >= 15 is 0 Å². The lowest BCUT2D eigenvalue weighted by Gasteiger charge is -2.09. The standard InChI is InChI=1S/C16H13F2N3O2/c1-23-16-12(17)6-10(7-13(16)18)19-9-11-8-15(22)21-5-3-2-4-14(21)20-11/h2-8,19H,9H2,1H3. The van der Waals surface area contributed by atoms with Gasteiger partial charge in [0.05, 0.1) is 19.3 Å². The molecule has 1 aromatic carbocycles. The van der Waals surface area contributed by atoms with E-state index in [0.29, 0.717) is 11.3 Å². The van der Waals surface area contributed by atoms with E-state index in [2.05, 4.69) is 15.0 Å². The van der Waals surface area contributed by atoms with E-state index in [-0.39, 0.29) is 17.8 Å². The van der Waals surface area contributed by atoms with Crippen molar-refractivity contribution in [2.45, 2.75) is 6.54 Å². The summed E-state index contributed by atoms with van der Waals surface area (Å²) in [6.07, 6.45) is 1.62. The van der Waals surface area contributed by atoms with E-state index < -0.39 is 17.4 Å². The van der Waals surface area contributed by atoms with Gasteiger partial charge in [0.1, 0.15) is 5.65 Å². The molecule has 0 unspecified atom stereocenters. The van der Waals surface area contributed by atoms with Crippen LogP contribution in [-0.2, 0) is 6.54 Å². The summed E-state index contributed by atoms with van der Waals surface area (Å²) >= 11 is 0. The summed E-state index contributed by atoms with van der Waals surface area (Å²) < 4.78 is 33.3. The zero-order valence-corrected chi connectivity index (χ0v) is 12.2. The summed E-state index contributed by atoms with van der Waals surface area (Å²) in [5.74, 6) is -2.04. The van der Waals surface area contributed by atoms with Crippen LogP contribution >= 0.6 is 0 Å². The number of fused-ring (bicyclic) bond motifs is 1. The molecular formula is C16H13F2N3O2. The van der Waals surface area contributed by atoms with Crippen molar-refractivity contribution in [1.82, 2.24) is 9.38 Å². The third-order valence-corrected chi connectivity index (χ3v) is 3.30. The Hall–Kier alpha value is -2.96. The number of anilines is 1. The molecule has 3 rings (SSSR count). The van der Waals surface area contributed by atoms with Crippen molar-refractivity contribution in [3.63, 3.8) is 0 Å². The molecule has 0 fully saturated rings. The number of aromatic nitrogens is 2. The first-order chi connectivity index (χ1) is 11.1. The number of rotatable bonds is 4. The summed E-state index contributed by atoms with van der Waals surface area (Å²) in [7, 11) is 1.20. The number of benzene rings is 1. The van der Waals surface area contributed by atoms with Gasteiger partial charge in [0, 0.05) is 30.1 Å². The molecule has 0 radical (unpaired) electrons. The average molecular weight is 317 g/mol. The van der Waals surface area contributed by atoms with Crippen LogP contribution in [0.15, 0.2) is 47.4 Å². The maximum absolute atomic E-state index is 13.6. The number of nitrogens with zero attached hydrogens (tertiary/aromatic N) is 2. The Labute approximate surface area is 130 Å². The van der Waals surface area contributed by atoms with Crippen LogP contribution < -0.4 is 15.6 Å². The van der Waals surface area contributed by atoms with Gasteiger partial charge in [0.15, 0.2) is 17.4 Å². The monoisotopic (exact) mass is 317 g/mol. The van der Waals surface area contributed by atoms with Gasteiger partial charge in [0.25, 0.3) is 5.56 Å². The minimum absolute atomic E-state index is 0.159. The van der Waals surface area contributed by atoms with Gasteiger partial charge in [-0.15, -0.1) is 0 Å². The number of hydrogen-bond donors (Lipinski definition) is 1. The molecule has 1 N–H and O–H groups in total. The molecule has 0 saturated carbocycles. The second kappa shape index (κ2) is 6.04. The number of hydrogen-bond acceptors (Lipinski definition) is 4. The Balaban J connectivity index is 1.85. The Kier molecular flexibility index (Phi) is 3.92. The molecule has 0 aliphatic rings. The van der Waals surface area contributed by atoms with Crippen LogP contribution in [0, 0.1) is 11.6 Å². The molecular weight excluding hydrogens is 304 g/mol. The molecule has 0 aliphatic heterocycles. The molecule has 0 amide bonds. The summed E-state index contributed by atoms with van der Waals surface area (Å²) in [6.45, 7) is 0.159. The van der Waals surface area contributed by atoms with Crippen molar-refractivity contribution in [2.75, 3.05) is 12.4 Å². The quantitative estimate of drug-likeness (QED) is 0.803. The maximum Gasteiger partial charge on any atom is 0.258 e. The first-order valence-electron chi connectivity index (χ1n) is 6.82. The molecule has 118 valence electrons. The second-order valence-corrected chi connectivity index (χ2v) is 4.84. The Morgan fingerprint density at radius 3 is 2.65 bits per heavy atom. The molecule has 0 aliphatic carbocycles. The zero-order chi connectivity index (χ0) is 16.4. The predicted molar refractivity (Wildman–Crippen MR) is 81.7 cm³/mol. The Morgan fingerprint density at radius 2 is 1.96 bits per heavy atom. The third-order valence-electron chi connectivity index (χ3n) is 3.30. The third kappa shape index (κ3) is 2.98. The average Bonchev–Trinajstić information content (AvgIpc) is 2.53. The number of ether oxygens (including phenoxy) is 1. The van der Waals surface area contributed by atoms with E-state index in [1.807, 2.05) is 0 Å². The van der Waals surface area contributed by atoms with Gasteiger partial charge in [-0.1, -0.05) is 6.07 Å². The van der Waals surface area contributed by atoms with Gasteiger partial charge in [-0.05, 0) is 12.1 Å². The molecule has 0 spiro atoms. The normalized spacial score (nSPS) is 10.7. The van der Waals surface area contributed by atoms with Gasteiger partial charge in [-0.3, -0.25) is 9.20 Å². The molecule has 0 saturated heterocycles. The first-order valence-corrected chi connectivity index (χ1v) is 6.82. The highest BCUT2D eigenvalue weighted by Crippen LogP contribution is 2.25. The lowest BCUT2D eigenvalue weighted by Crippen LogP contribution is -2.16. The summed E-state index contributed by atoms with van der Waals surface area (Å²) in [6, 6.07) is 8.82. The van der Waals surface area contributed by atoms with Crippen LogP contribution in [-0.4, -0.2) is 16.5 Å². The van der Waals surface area contributed by atoms with E-state index in [4.69, 9.17) is 0 Å². The van der Waals surface area contributed by atoms with Gasteiger partial charge in [0.2, 0.25) is 0 Å². The highest BCUT2D eigenvalue weighted by Gasteiger charge is 2.11. The van der Waals surface area contributed by atoms with Crippen LogP contribution in [0.5, 0.6) is 5.75 Å². The minimum Gasteiger partial charge on any atom is -0.491 e. The molecule has 7 heteroatoms. The van der Waals surface area contributed by atoms with Crippen molar-refractivity contribution in [1.29, 1.82) is 0 Å². The number of halogens is 2. The summed E-state index contributed by atoms with van der Waals surface area (Å²) in [5, 5.41) is 2.84. The number of methoxy groups -OCH3 is 1. The fourth-order valence-electron chi connectivity index (χ4n) is 2.24. The van der Waals surface area contributed by atoms with Crippen molar-refractivity contribution >= 4 is 11.3 Å². The molecule has 3 aromatic rings. The Morgan fingerprint density at radius 1 is 1.22 bits per heavy atom. The molecule has 23 heavy (non-hydrogen) atoms. The topological polar surface area (TPSA) is 55.6 Å². The van der Waals surface area contributed by atoms with E-state index in [1.165, 1.54) is 17.6 Å². The smallest absolute Gasteiger partial charge is 0.258 e. The lowest BCUT2D eigenvalue weighted by atomic mass is 10.2. The lowest BCUT2D eigenvalue weighted by molar-refractivity contribution is 0.360. The minimum atomic E-state index is -0.804. The van der Waals surface area contributed by atoms with Crippen LogP contribution in [0.1, 0.15) is 5.69 Å². The van der Waals surface area contributed by atoms with Crippen molar-refractivity contribution in [3.05, 3.63) is 70.3 Å². The van der Waals surface area contributed by atoms with Crippen molar-refractivity contribution in [3.8, 4) is 5.75 Å². The van der Waals surface area contributed by atoms with E-state index in [1.54, 1.807) is 24.4 Å². The zero-order valence-electron chi connectivity index (χ0n) is 12.2. The van der Waals surface area contributed by atoms with E-state index in [9.17, 15) is 13.6 Å². The van der Waals surface area contributed by atoms with Crippen molar-refractivity contribution < 1.29 is 13.5 Å². The van der Waals surface area contributed by atoms with Gasteiger partial charge < -0.3 is 10.1 Å². The SMILES string of the molecule is COc1c(F)cc(NCc2cc(=O)n3ccccc3n2)cc1F. The highest BCUT2D eigenvalue weighted by atomic mass is 19.1. The van der Waals surface area contributed by atoms with Gasteiger partial charge in [-0.25, -0.2) is 13.8 Å². The molecule has 0 atom stereocenters. The maximum atomic E-state index is 13.6. The predicted octanol–water partition coefficient (Wildman–Crippen LogP) is 2.59. The summed E-state index contributed by atoms with van der Waals surface area (Å²) in [4.78, 5) is 16.3.